The lowest BCUT2D eigenvalue weighted by Crippen LogP contribution is -2.36. The maximum absolute atomic E-state index is 13.3. The molecule has 0 saturated heterocycles. The highest BCUT2D eigenvalue weighted by Gasteiger charge is 2.17. The van der Waals surface area contributed by atoms with Crippen LogP contribution in [-0.2, 0) is 4.79 Å². The van der Waals surface area contributed by atoms with Gasteiger partial charge in [-0.05, 0) is 25.0 Å². The van der Waals surface area contributed by atoms with E-state index in [1.54, 1.807) is 0 Å². The molecule has 0 unspecified atom stereocenters. The average molecular weight is 254 g/mol. The van der Waals surface area contributed by atoms with Crippen molar-refractivity contribution in [2.24, 2.45) is 0 Å². The predicted octanol–water partition coefficient (Wildman–Crippen LogP) is 2.44. The Morgan fingerprint density at radius 3 is 2.72 bits per heavy atom. The molecule has 1 aromatic carbocycles. The number of carbonyl (C=O) groups excluding carboxylic acids is 1. The predicted molar refractivity (Wildman–Crippen MR) is 65.2 cm³/mol. The van der Waals surface area contributed by atoms with Crippen molar-refractivity contribution in [2.45, 2.75) is 31.7 Å². The van der Waals surface area contributed by atoms with Gasteiger partial charge < -0.3 is 10.6 Å². The van der Waals surface area contributed by atoms with Gasteiger partial charge in [0, 0.05) is 6.04 Å². The molecule has 0 heterocycles. The Morgan fingerprint density at radius 1 is 1.28 bits per heavy atom. The lowest BCUT2D eigenvalue weighted by molar-refractivity contribution is -0.120. The summed E-state index contributed by atoms with van der Waals surface area (Å²) in [5, 5.41) is 5.47. The van der Waals surface area contributed by atoms with Crippen LogP contribution < -0.4 is 10.6 Å². The quantitative estimate of drug-likeness (QED) is 0.866. The molecule has 0 aromatic heterocycles. The van der Waals surface area contributed by atoms with Crippen molar-refractivity contribution in [1.29, 1.82) is 0 Å². The number of benzene rings is 1. The molecule has 0 aliphatic heterocycles. The van der Waals surface area contributed by atoms with Crippen LogP contribution in [0.15, 0.2) is 18.2 Å². The molecule has 0 bridgehead atoms. The number of halogens is 2. The molecule has 5 heteroatoms. The first-order chi connectivity index (χ1) is 8.66. The summed E-state index contributed by atoms with van der Waals surface area (Å²) in [6.07, 6.45) is 4.27. The van der Waals surface area contributed by atoms with Gasteiger partial charge in [0.2, 0.25) is 5.91 Å². The van der Waals surface area contributed by atoms with Crippen LogP contribution in [0.3, 0.4) is 0 Å². The minimum atomic E-state index is -0.953. The molecule has 1 amide bonds. The summed E-state index contributed by atoms with van der Waals surface area (Å²) >= 11 is 0. The number of carbonyl (C=O) groups is 1. The second-order valence-corrected chi connectivity index (χ2v) is 4.50. The SMILES string of the molecule is O=C(CNc1cccc(F)c1F)NC1CCCC1. The van der Waals surface area contributed by atoms with Crippen molar-refractivity contribution in [2.75, 3.05) is 11.9 Å². The minimum absolute atomic E-state index is 0.0107. The standard InChI is InChI=1S/C13H16F2N2O/c14-10-6-3-7-11(13(10)15)16-8-12(18)17-9-4-1-2-5-9/h3,6-7,9,16H,1-2,4-5,8H2,(H,17,18). The van der Waals surface area contributed by atoms with E-state index in [9.17, 15) is 13.6 Å². The van der Waals surface area contributed by atoms with Gasteiger partial charge in [0.15, 0.2) is 11.6 Å². The third-order valence-corrected chi connectivity index (χ3v) is 3.11. The van der Waals surface area contributed by atoms with E-state index < -0.39 is 11.6 Å². The van der Waals surface area contributed by atoms with Crippen LogP contribution in [-0.4, -0.2) is 18.5 Å². The Bertz CT molecular complexity index is 431. The van der Waals surface area contributed by atoms with E-state index in [0.717, 1.165) is 31.7 Å². The molecule has 1 aliphatic carbocycles. The molecule has 18 heavy (non-hydrogen) atoms. The normalized spacial score (nSPS) is 15.7. The lowest BCUT2D eigenvalue weighted by atomic mass is 10.2. The van der Waals surface area contributed by atoms with Gasteiger partial charge in [-0.2, -0.15) is 0 Å². The zero-order valence-electron chi connectivity index (χ0n) is 10.0. The Balaban J connectivity index is 1.83. The number of nitrogens with one attached hydrogen (secondary N) is 2. The van der Waals surface area contributed by atoms with E-state index in [1.807, 2.05) is 0 Å². The van der Waals surface area contributed by atoms with Gasteiger partial charge in [0.05, 0.1) is 12.2 Å². The molecule has 3 nitrogen and oxygen atoms in total. The molecule has 1 aliphatic rings. The van der Waals surface area contributed by atoms with Crippen LogP contribution in [0.4, 0.5) is 14.5 Å². The molecule has 0 atom stereocenters. The zero-order chi connectivity index (χ0) is 13.0. The summed E-state index contributed by atoms with van der Waals surface area (Å²) in [5.41, 5.74) is 0.0107. The molecular formula is C13H16F2N2O. The third-order valence-electron chi connectivity index (χ3n) is 3.11. The number of anilines is 1. The summed E-state index contributed by atoms with van der Waals surface area (Å²) in [5.74, 6) is -2.06. The summed E-state index contributed by atoms with van der Waals surface area (Å²) in [6, 6.07) is 4.08. The molecule has 1 saturated carbocycles. The summed E-state index contributed by atoms with van der Waals surface area (Å²) in [7, 11) is 0. The molecule has 98 valence electrons. The van der Waals surface area contributed by atoms with E-state index in [4.69, 9.17) is 0 Å². The Kier molecular flexibility index (Phi) is 4.12. The van der Waals surface area contributed by atoms with Gasteiger partial charge in [-0.15, -0.1) is 0 Å². The molecule has 0 spiro atoms. The summed E-state index contributed by atoms with van der Waals surface area (Å²) < 4.78 is 26.2. The minimum Gasteiger partial charge on any atom is -0.374 e. The highest BCUT2D eigenvalue weighted by molar-refractivity contribution is 5.81. The van der Waals surface area contributed by atoms with Crippen LogP contribution in [0.2, 0.25) is 0 Å². The summed E-state index contributed by atoms with van der Waals surface area (Å²) in [4.78, 5) is 11.6. The molecular weight excluding hydrogens is 238 g/mol. The Labute approximate surface area is 105 Å². The van der Waals surface area contributed by atoms with Gasteiger partial charge >= 0.3 is 0 Å². The maximum Gasteiger partial charge on any atom is 0.239 e. The number of rotatable bonds is 4. The maximum atomic E-state index is 13.3. The Hall–Kier alpha value is -1.65. The van der Waals surface area contributed by atoms with Gasteiger partial charge in [-0.3, -0.25) is 4.79 Å². The van der Waals surface area contributed by atoms with Gasteiger partial charge in [-0.1, -0.05) is 18.9 Å². The fourth-order valence-corrected chi connectivity index (χ4v) is 2.16. The van der Waals surface area contributed by atoms with Crippen LogP contribution in [0, 0.1) is 11.6 Å². The number of amides is 1. The van der Waals surface area contributed by atoms with Gasteiger partial charge in [-0.25, -0.2) is 8.78 Å². The number of hydrogen-bond donors (Lipinski definition) is 2. The van der Waals surface area contributed by atoms with Crippen molar-refractivity contribution < 1.29 is 13.6 Å². The van der Waals surface area contributed by atoms with Crippen molar-refractivity contribution in [3.8, 4) is 0 Å². The van der Waals surface area contributed by atoms with E-state index >= 15 is 0 Å². The number of hydrogen-bond acceptors (Lipinski definition) is 2. The monoisotopic (exact) mass is 254 g/mol. The zero-order valence-corrected chi connectivity index (χ0v) is 10.0. The second-order valence-electron chi connectivity index (χ2n) is 4.50. The topological polar surface area (TPSA) is 41.1 Å². The first kappa shape index (κ1) is 12.8. The molecule has 2 N–H and O–H groups in total. The van der Waals surface area contributed by atoms with E-state index in [0.29, 0.717) is 0 Å². The largest absolute Gasteiger partial charge is 0.374 e. The molecule has 1 fully saturated rings. The smallest absolute Gasteiger partial charge is 0.239 e. The molecule has 2 rings (SSSR count). The Morgan fingerprint density at radius 2 is 2.00 bits per heavy atom. The van der Waals surface area contributed by atoms with Crippen molar-refractivity contribution in [1.82, 2.24) is 5.32 Å². The van der Waals surface area contributed by atoms with Crippen molar-refractivity contribution >= 4 is 11.6 Å². The van der Waals surface area contributed by atoms with Gasteiger partial charge in [0.1, 0.15) is 0 Å². The lowest BCUT2D eigenvalue weighted by Gasteiger charge is -2.13. The van der Waals surface area contributed by atoms with Crippen LogP contribution >= 0.6 is 0 Å². The van der Waals surface area contributed by atoms with Gasteiger partial charge in [0.25, 0.3) is 0 Å². The van der Waals surface area contributed by atoms with Crippen LogP contribution in [0.5, 0.6) is 0 Å². The van der Waals surface area contributed by atoms with Crippen LogP contribution in [0.25, 0.3) is 0 Å². The summed E-state index contributed by atoms with van der Waals surface area (Å²) in [6.45, 7) is -0.0448. The second kappa shape index (κ2) is 5.80. The molecule has 0 radical (unpaired) electrons. The van der Waals surface area contributed by atoms with Crippen molar-refractivity contribution in [3.05, 3.63) is 29.8 Å². The van der Waals surface area contributed by atoms with E-state index in [-0.39, 0.29) is 24.2 Å². The average Bonchev–Trinajstić information content (AvgIpc) is 2.84. The molecule has 1 aromatic rings. The highest BCUT2D eigenvalue weighted by atomic mass is 19.2. The van der Waals surface area contributed by atoms with E-state index in [1.165, 1.54) is 12.1 Å². The highest BCUT2D eigenvalue weighted by Crippen LogP contribution is 2.18. The van der Waals surface area contributed by atoms with Crippen LogP contribution in [0.1, 0.15) is 25.7 Å². The van der Waals surface area contributed by atoms with E-state index in [2.05, 4.69) is 10.6 Å². The first-order valence-corrected chi connectivity index (χ1v) is 6.14. The third kappa shape index (κ3) is 3.18. The first-order valence-electron chi connectivity index (χ1n) is 6.14. The van der Waals surface area contributed by atoms with Crippen molar-refractivity contribution in [3.63, 3.8) is 0 Å². The fraction of sp³-hybridized carbons (Fsp3) is 0.462. The fourth-order valence-electron chi connectivity index (χ4n) is 2.16.